The zero-order valence-electron chi connectivity index (χ0n) is 8.67. The van der Waals surface area contributed by atoms with Crippen molar-refractivity contribution in [3.63, 3.8) is 0 Å². The van der Waals surface area contributed by atoms with Crippen LogP contribution in [0.2, 0.25) is 0 Å². The maximum atomic E-state index is 10.8. The smallest absolute Gasteiger partial charge is 0.344 e. The molecule has 1 aromatic heterocycles. The Morgan fingerprint density at radius 1 is 1.38 bits per heavy atom. The fourth-order valence-electron chi connectivity index (χ4n) is 1.40. The van der Waals surface area contributed by atoms with Gasteiger partial charge >= 0.3 is 5.89 Å². The minimum atomic E-state index is -4.41. The molecule has 0 N–H and O–H groups in total. The second-order valence-corrected chi connectivity index (χ2v) is 4.64. The predicted octanol–water partition coefficient (Wildman–Crippen LogP) is -3.06. The van der Waals surface area contributed by atoms with Gasteiger partial charge < -0.3 is 8.97 Å². The van der Waals surface area contributed by atoms with Crippen molar-refractivity contribution in [3.05, 3.63) is 24.1 Å². The van der Waals surface area contributed by atoms with Gasteiger partial charge in [0.1, 0.15) is 17.2 Å². The maximum absolute atomic E-state index is 10.8. The van der Waals surface area contributed by atoms with Crippen LogP contribution in [0.1, 0.15) is 5.89 Å². The summed E-state index contributed by atoms with van der Waals surface area (Å²) in [6.07, 6.45) is 0. The third-order valence-electron chi connectivity index (χ3n) is 2.31. The van der Waals surface area contributed by atoms with Gasteiger partial charge in [0, 0.05) is 6.07 Å². The van der Waals surface area contributed by atoms with Crippen molar-refractivity contribution in [2.75, 3.05) is 0 Å². The Morgan fingerprint density at radius 2 is 2.00 bits per heavy atom. The van der Waals surface area contributed by atoms with Crippen molar-refractivity contribution >= 4 is 21.2 Å². The maximum Gasteiger partial charge on any atom is 0.344 e. The minimum absolute atomic E-state index is 0. The lowest BCUT2D eigenvalue weighted by Gasteiger charge is -2.04. The van der Waals surface area contributed by atoms with Gasteiger partial charge in [0.15, 0.2) is 0 Å². The number of halogens is 1. The molecule has 7 heteroatoms. The topological polar surface area (TPSA) is 74.2 Å². The zero-order chi connectivity index (χ0) is 11.2. The fourth-order valence-corrected chi connectivity index (χ4v) is 1.89. The number of aryl methyl sites for hydroxylation is 2. The Morgan fingerprint density at radius 3 is 2.56 bits per heavy atom. The second kappa shape index (κ2) is 4.30. The molecule has 88 valence electrons. The summed E-state index contributed by atoms with van der Waals surface area (Å²) in [6, 6.07) is 4.04. The quantitative estimate of drug-likeness (QED) is 0.309. The van der Waals surface area contributed by atoms with E-state index in [0.29, 0.717) is 17.0 Å². The fraction of sp³-hybridized carbons (Fsp3) is 0.222. The van der Waals surface area contributed by atoms with Gasteiger partial charge in [-0.1, -0.05) is 0 Å². The molecule has 1 aromatic carbocycles. The van der Waals surface area contributed by atoms with Gasteiger partial charge in [-0.05, 0) is 12.1 Å². The molecule has 0 aliphatic rings. The molecule has 2 aromatic rings. The summed E-state index contributed by atoms with van der Waals surface area (Å²) in [5.74, 6) is 0.644. The van der Waals surface area contributed by atoms with Gasteiger partial charge in [-0.25, -0.2) is 8.42 Å². The predicted molar refractivity (Wildman–Crippen MR) is 52.9 cm³/mol. The lowest BCUT2D eigenvalue weighted by molar-refractivity contribution is -0.657. The van der Waals surface area contributed by atoms with Crippen LogP contribution in [0.25, 0.3) is 11.1 Å². The van der Waals surface area contributed by atoms with Gasteiger partial charge in [-0.2, -0.15) is 4.57 Å². The number of benzene rings is 1. The van der Waals surface area contributed by atoms with E-state index in [2.05, 4.69) is 0 Å². The average Bonchev–Trinajstić information content (AvgIpc) is 2.41. The highest BCUT2D eigenvalue weighted by atomic mass is 127. The third kappa shape index (κ3) is 2.20. The Bertz CT molecular complexity index is 632. The summed E-state index contributed by atoms with van der Waals surface area (Å²) in [7, 11) is -2.67. The van der Waals surface area contributed by atoms with E-state index in [0.717, 1.165) is 0 Å². The largest absolute Gasteiger partial charge is 0.744 e. The number of fused-ring (bicyclic) bond motifs is 1. The van der Waals surface area contributed by atoms with E-state index in [1.54, 1.807) is 18.5 Å². The molecule has 0 aliphatic heterocycles. The average molecular weight is 356 g/mol. The number of aromatic nitrogens is 1. The lowest BCUT2D eigenvalue weighted by Crippen LogP contribution is -3.00. The highest BCUT2D eigenvalue weighted by molar-refractivity contribution is 7.85. The van der Waals surface area contributed by atoms with Gasteiger partial charge in [0.05, 0.1) is 11.8 Å². The van der Waals surface area contributed by atoms with E-state index in [-0.39, 0.29) is 28.9 Å². The summed E-state index contributed by atoms with van der Waals surface area (Å²) < 4.78 is 39.4. The molecule has 0 spiro atoms. The number of rotatable bonds is 1. The first-order chi connectivity index (χ1) is 6.89. The van der Waals surface area contributed by atoms with Gasteiger partial charge in [-0.3, -0.25) is 0 Å². The standard InChI is InChI=1S/C9H9NO4S.H2I/c1-6-10(2)8-5-7(15(11,12)13)3-4-9(8)14-6;/h3-5H,1-2H3;1H2/q;+1. The van der Waals surface area contributed by atoms with Crippen LogP contribution in [0.3, 0.4) is 0 Å². The lowest BCUT2D eigenvalue weighted by atomic mass is 10.3. The molecular formula is C9H11INO4S+. The Labute approximate surface area is 110 Å². The van der Waals surface area contributed by atoms with Crippen LogP contribution in [0, 0.1) is 6.92 Å². The number of oxazole rings is 1. The summed E-state index contributed by atoms with van der Waals surface area (Å²) in [6.45, 7) is 1.76. The molecule has 0 amide bonds. The van der Waals surface area contributed by atoms with Crippen molar-refractivity contribution in [1.82, 2.24) is 0 Å². The van der Waals surface area contributed by atoms with Crippen molar-refractivity contribution < 1.29 is 45.9 Å². The van der Waals surface area contributed by atoms with Crippen molar-refractivity contribution in [1.29, 1.82) is 0 Å². The van der Waals surface area contributed by atoms with E-state index >= 15 is 0 Å². The summed E-state index contributed by atoms with van der Waals surface area (Å²) in [4.78, 5) is -0.244. The molecule has 0 radical (unpaired) electrons. The number of hydrogen-bond donors (Lipinski definition) is 0. The Balaban J connectivity index is 0.00000128. The van der Waals surface area contributed by atoms with E-state index in [1.807, 2.05) is 0 Å². The van der Waals surface area contributed by atoms with Crippen LogP contribution in [0.4, 0.5) is 0 Å². The number of nitrogens with zero attached hydrogens (tertiary/aromatic N) is 1. The normalized spacial score (nSPS) is 11.4. The highest BCUT2D eigenvalue weighted by Gasteiger charge is 2.16. The Kier molecular flexibility index (Phi) is 3.60. The molecule has 5 nitrogen and oxygen atoms in total. The van der Waals surface area contributed by atoms with E-state index in [1.165, 1.54) is 18.2 Å². The zero-order valence-corrected chi connectivity index (χ0v) is 12.0. The molecule has 1 heterocycles. The van der Waals surface area contributed by atoms with Crippen molar-refractivity contribution in [3.8, 4) is 0 Å². The molecule has 0 saturated heterocycles. The van der Waals surface area contributed by atoms with Crippen LogP contribution in [0.15, 0.2) is 27.5 Å². The van der Waals surface area contributed by atoms with Crippen molar-refractivity contribution in [2.24, 2.45) is 7.05 Å². The molecule has 0 bridgehead atoms. The van der Waals surface area contributed by atoms with Crippen LogP contribution in [-0.2, 0) is 17.2 Å². The third-order valence-corrected chi connectivity index (χ3v) is 3.14. The van der Waals surface area contributed by atoms with E-state index in [4.69, 9.17) is 4.42 Å². The molecular weight excluding hydrogens is 345 g/mol. The van der Waals surface area contributed by atoms with Gasteiger partial charge in [0.25, 0.3) is 5.52 Å². The first kappa shape index (κ1) is 13.4. The molecule has 0 atom stereocenters. The molecule has 2 rings (SSSR count). The van der Waals surface area contributed by atoms with E-state index < -0.39 is 10.1 Å². The first-order valence-electron chi connectivity index (χ1n) is 4.24. The van der Waals surface area contributed by atoms with Gasteiger partial charge in [0.2, 0.25) is 29.6 Å². The van der Waals surface area contributed by atoms with Gasteiger partial charge in [-0.15, -0.1) is 0 Å². The molecule has 0 aliphatic carbocycles. The molecule has 0 fully saturated rings. The summed E-state index contributed by atoms with van der Waals surface area (Å²) in [5, 5.41) is 0. The highest BCUT2D eigenvalue weighted by Crippen LogP contribution is 2.17. The monoisotopic (exact) mass is 356 g/mol. The van der Waals surface area contributed by atoms with E-state index in [9.17, 15) is 13.0 Å². The van der Waals surface area contributed by atoms with Crippen LogP contribution >= 0.6 is 0 Å². The Hall–Kier alpha value is -0.670. The summed E-state index contributed by atoms with van der Waals surface area (Å²) in [5.41, 5.74) is 1.15. The molecule has 0 unspecified atom stereocenters. The summed E-state index contributed by atoms with van der Waals surface area (Å²) >= 11 is 0. The first-order valence-corrected chi connectivity index (χ1v) is 5.65. The molecule has 16 heavy (non-hydrogen) atoms. The molecule has 0 saturated carbocycles. The minimum Gasteiger partial charge on any atom is -0.744 e. The number of hydrogen-bond acceptors (Lipinski definition) is 4. The SMILES string of the molecule is Cc1oc2ccc(S(=O)(=O)[O-])cc2[n+]1C.[IH2+]. The van der Waals surface area contributed by atoms with Crippen LogP contribution in [-0.4, -0.2) is 13.0 Å². The van der Waals surface area contributed by atoms with Crippen LogP contribution < -0.4 is 28.5 Å². The second-order valence-electron chi connectivity index (χ2n) is 3.26. The van der Waals surface area contributed by atoms with Crippen molar-refractivity contribution in [2.45, 2.75) is 11.8 Å². The van der Waals surface area contributed by atoms with Crippen LogP contribution in [0.5, 0.6) is 0 Å².